The van der Waals surface area contributed by atoms with E-state index in [9.17, 15) is 14.4 Å². The van der Waals surface area contributed by atoms with Crippen molar-refractivity contribution in [3.8, 4) is 0 Å². The average molecular weight is 330 g/mol. The molecule has 3 rings (SSSR count). The van der Waals surface area contributed by atoms with Crippen molar-refractivity contribution in [2.45, 2.75) is 25.3 Å². The van der Waals surface area contributed by atoms with Gasteiger partial charge in [-0.25, -0.2) is 0 Å². The summed E-state index contributed by atoms with van der Waals surface area (Å²) in [7, 11) is 0. The number of ketones is 1. The molecule has 2 aliphatic heterocycles. The van der Waals surface area contributed by atoms with Gasteiger partial charge in [-0.15, -0.1) is 0 Å². The van der Waals surface area contributed by atoms with Gasteiger partial charge in [-0.1, -0.05) is 30.3 Å². The highest BCUT2D eigenvalue weighted by Gasteiger charge is 2.49. The summed E-state index contributed by atoms with van der Waals surface area (Å²) in [6, 6.07) is 8.82. The number of Topliss-reactive ketones (excluding diaryl/α,β-unsaturated/α-hetero) is 1. The summed E-state index contributed by atoms with van der Waals surface area (Å²) in [5, 5.41) is 0. The summed E-state index contributed by atoms with van der Waals surface area (Å²) in [6.07, 6.45) is 0.310. The van der Waals surface area contributed by atoms with E-state index in [1.54, 1.807) is 11.8 Å². The summed E-state index contributed by atoms with van der Waals surface area (Å²) in [6.45, 7) is 4.41. The minimum Gasteiger partial charge on any atom is -0.466 e. The summed E-state index contributed by atoms with van der Waals surface area (Å²) < 4.78 is 4.94. The Morgan fingerprint density at radius 2 is 1.96 bits per heavy atom. The fourth-order valence-corrected chi connectivity index (χ4v) is 3.46. The molecule has 1 aromatic rings. The number of hydrogen-bond donors (Lipinski definition) is 0. The van der Waals surface area contributed by atoms with Gasteiger partial charge in [-0.05, 0) is 12.5 Å². The highest BCUT2D eigenvalue weighted by molar-refractivity contribution is 6.15. The third-order valence-electron chi connectivity index (χ3n) is 4.68. The summed E-state index contributed by atoms with van der Waals surface area (Å²) in [5.74, 6) is -1.04. The number of piperazine rings is 1. The second-order valence-electron chi connectivity index (χ2n) is 6.15. The molecule has 0 radical (unpaired) electrons. The monoisotopic (exact) mass is 330 g/mol. The summed E-state index contributed by atoms with van der Waals surface area (Å²) in [4.78, 5) is 40.6. The zero-order chi connectivity index (χ0) is 17.1. The molecule has 0 aromatic heterocycles. The van der Waals surface area contributed by atoms with Crippen LogP contribution in [-0.2, 0) is 19.1 Å². The fraction of sp³-hybridized carbons (Fsp3) is 0.500. The second-order valence-corrected chi connectivity index (χ2v) is 6.15. The Morgan fingerprint density at radius 1 is 1.21 bits per heavy atom. The molecule has 0 aliphatic carbocycles. The van der Waals surface area contributed by atoms with Crippen LogP contribution in [0.4, 0.5) is 0 Å². The van der Waals surface area contributed by atoms with Crippen LogP contribution in [0, 0.1) is 0 Å². The van der Waals surface area contributed by atoms with Crippen LogP contribution in [0.5, 0.6) is 0 Å². The molecule has 0 spiro atoms. The van der Waals surface area contributed by atoms with Crippen LogP contribution in [-0.4, -0.2) is 66.3 Å². The van der Waals surface area contributed by atoms with Crippen LogP contribution in [0.1, 0.15) is 24.8 Å². The first-order valence-electron chi connectivity index (χ1n) is 8.39. The predicted octanol–water partition coefficient (Wildman–Crippen LogP) is 0.819. The lowest BCUT2D eigenvalue weighted by molar-refractivity contribution is -0.144. The van der Waals surface area contributed by atoms with Gasteiger partial charge in [-0.2, -0.15) is 0 Å². The Hall–Kier alpha value is -2.21. The van der Waals surface area contributed by atoms with Crippen LogP contribution >= 0.6 is 0 Å². The van der Waals surface area contributed by atoms with Crippen molar-refractivity contribution in [1.29, 1.82) is 0 Å². The fourth-order valence-electron chi connectivity index (χ4n) is 3.46. The normalized spacial score (nSPS) is 24.1. The number of fused-ring (bicyclic) bond motifs is 1. The van der Waals surface area contributed by atoms with Crippen LogP contribution in [0.15, 0.2) is 30.3 Å². The standard InChI is InChI=1S/C18H22N2O4/c1-2-24-15(21)8-9-19-10-11-20-14(12-19)17(22)16(18(20)23)13-6-4-3-5-7-13/h3-7,14,16H,2,8-12H2,1H3. The lowest BCUT2D eigenvalue weighted by Crippen LogP contribution is -2.53. The van der Waals surface area contributed by atoms with Gasteiger partial charge < -0.3 is 9.64 Å². The number of ether oxygens (including phenoxy) is 1. The van der Waals surface area contributed by atoms with Gasteiger partial charge in [0.1, 0.15) is 12.0 Å². The largest absolute Gasteiger partial charge is 0.466 e. The van der Waals surface area contributed by atoms with Crippen molar-refractivity contribution in [2.75, 3.05) is 32.8 Å². The molecule has 0 saturated carbocycles. The Labute approximate surface area is 141 Å². The van der Waals surface area contributed by atoms with E-state index in [2.05, 4.69) is 4.90 Å². The molecule has 1 aromatic carbocycles. The lowest BCUT2D eigenvalue weighted by atomic mass is 9.94. The zero-order valence-electron chi connectivity index (χ0n) is 13.8. The number of carbonyl (C=O) groups is 3. The number of benzene rings is 1. The third kappa shape index (κ3) is 3.19. The molecule has 24 heavy (non-hydrogen) atoms. The number of esters is 1. The molecule has 6 nitrogen and oxygen atoms in total. The molecule has 2 saturated heterocycles. The first-order valence-corrected chi connectivity index (χ1v) is 8.39. The van der Waals surface area contributed by atoms with Gasteiger partial charge in [0.05, 0.1) is 13.0 Å². The number of nitrogens with zero attached hydrogens (tertiary/aromatic N) is 2. The molecule has 0 N–H and O–H groups in total. The van der Waals surface area contributed by atoms with Crippen LogP contribution in [0.2, 0.25) is 0 Å². The highest BCUT2D eigenvalue weighted by atomic mass is 16.5. The van der Waals surface area contributed by atoms with Crippen LogP contribution < -0.4 is 0 Å². The highest BCUT2D eigenvalue weighted by Crippen LogP contribution is 2.32. The van der Waals surface area contributed by atoms with E-state index in [4.69, 9.17) is 4.74 Å². The third-order valence-corrected chi connectivity index (χ3v) is 4.68. The number of hydrogen-bond acceptors (Lipinski definition) is 5. The molecular weight excluding hydrogens is 308 g/mol. The van der Waals surface area contributed by atoms with Gasteiger partial charge in [0.25, 0.3) is 0 Å². The van der Waals surface area contributed by atoms with E-state index in [-0.39, 0.29) is 17.7 Å². The van der Waals surface area contributed by atoms with Gasteiger partial charge in [0, 0.05) is 26.2 Å². The molecule has 128 valence electrons. The zero-order valence-corrected chi connectivity index (χ0v) is 13.8. The SMILES string of the molecule is CCOC(=O)CCN1CCN2C(=O)C(c3ccccc3)C(=O)C2C1. The Kier molecular flexibility index (Phi) is 4.94. The molecule has 6 heteroatoms. The number of carbonyl (C=O) groups excluding carboxylic acids is 3. The topological polar surface area (TPSA) is 66.9 Å². The lowest BCUT2D eigenvalue weighted by Gasteiger charge is -2.36. The maximum atomic E-state index is 12.8. The van der Waals surface area contributed by atoms with E-state index in [1.165, 1.54) is 0 Å². The smallest absolute Gasteiger partial charge is 0.307 e. The minimum atomic E-state index is -0.679. The number of rotatable bonds is 5. The quantitative estimate of drug-likeness (QED) is 0.591. The van der Waals surface area contributed by atoms with Crippen molar-refractivity contribution in [1.82, 2.24) is 9.80 Å². The van der Waals surface area contributed by atoms with E-state index in [0.717, 1.165) is 5.56 Å². The molecule has 2 fully saturated rings. The molecule has 1 amide bonds. The molecular formula is C18H22N2O4. The first kappa shape index (κ1) is 16.6. The van der Waals surface area contributed by atoms with Crippen LogP contribution in [0.25, 0.3) is 0 Å². The Balaban J connectivity index is 1.65. The van der Waals surface area contributed by atoms with E-state index in [0.29, 0.717) is 39.2 Å². The summed E-state index contributed by atoms with van der Waals surface area (Å²) >= 11 is 0. The second kappa shape index (κ2) is 7.13. The van der Waals surface area contributed by atoms with Crippen molar-refractivity contribution in [3.63, 3.8) is 0 Å². The van der Waals surface area contributed by atoms with E-state index >= 15 is 0 Å². The van der Waals surface area contributed by atoms with Crippen molar-refractivity contribution >= 4 is 17.7 Å². The van der Waals surface area contributed by atoms with Gasteiger partial charge >= 0.3 is 5.97 Å². The number of amides is 1. The Bertz CT molecular complexity index is 631. The van der Waals surface area contributed by atoms with Crippen molar-refractivity contribution in [3.05, 3.63) is 35.9 Å². The average Bonchev–Trinajstić information content (AvgIpc) is 2.85. The van der Waals surface area contributed by atoms with Crippen molar-refractivity contribution < 1.29 is 19.1 Å². The summed E-state index contributed by atoms with van der Waals surface area (Å²) in [5.41, 5.74) is 0.764. The van der Waals surface area contributed by atoms with Gasteiger partial charge in [-0.3, -0.25) is 19.3 Å². The predicted molar refractivity (Wildman–Crippen MR) is 87.4 cm³/mol. The molecule has 2 atom stereocenters. The van der Waals surface area contributed by atoms with Gasteiger partial charge in [0.15, 0.2) is 5.78 Å². The first-order chi connectivity index (χ1) is 11.6. The van der Waals surface area contributed by atoms with E-state index in [1.807, 2.05) is 30.3 Å². The molecule has 0 bridgehead atoms. The molecule has 2 unspecified atom stereocenters. The molecule has 2 heterocycles. The Morgan fingerprint density at radius 3 is 2.67 bits per heavy atom. The van der Waals surface area contributed by atoms with Gasteiger partial charge in [0.2, 0.25) is 5.91 Å². The molecule has 2 aliphatic rings. The van der Waals surface area contributed by atoms with Crippen LogP contribution in [0.3, 0.4) is 0 Å². The van der Waals surface area contributed by atoms with E-state index < -0.39 is 12.0 Å². The minimum absolute atomic E-state index is 0.0352. The van der Waals surface area contributed by atoms with Crippen molar-refractivity contribution in [2.24, 2.45) is 0 Å². The maximum absolute atomic E-state index is 12.8. The maximum Gasteiger partial charge on any atom is 0.307 e.